The van der Waals surface area contributed by atoms with Gasteiger partial charge in [0, 0.05) is 16.5 Å². The van der Waals surface area contributed by atoms with Crippen molar-refractivity contribution in [2.45, 2.75) is 43.9 Å². The van der Waals surface area contributed by atoms with Gasteiger partial charge in [-0.15, -0.1) is 11.3 Å². The standard InChI is InChI=1S/C13H18ClNO2S/c1-8-6-13(3-4-15-8)11-9(5-10(14)18-11)12(2,16)7-17-13/h5,8,15-16H,3-4,6-7H2,1-2H3. The van der Waals surface area contributed by atoms with E-state index < -0.39 is 5.60 Å². The molecule has 0 bridgehead atoms. The van der Waals surface area contributed by atoms with Crippen molar-refractivity contribution in [2.24, 2.45) is 0 Å². The molecule has 3 nitrogen and oxygen atoms in total. The van der Waals surface area contributed by atoms with E-state index in [1.807, 2.05) is 6.07 Å². The number of thiophene rings is 1. The van der Waals surface area contributed by atoms with Crippen molar-refractivity contribution in [1.29, 1.82) is 0 Å². The Morgan fingerprint density at radius 1 is 1.61 bits per heavy atom. The molecule has 0 saturated carbocycles. The van der Waals surface area contributed by atoms with Crippen molar-refractivity contribution in [2.75, 3.05) is 13.2 Å². The Kier molecular flexibility index (Phi) is 2.99. The van der Waals surface area contributed by atoms with E-state index in [0.717, 1.165) is 34.2 Å². The highest BCUT2D eigenvalue weighted by molar-refractivity contribution is 7.16. The number of fused-ring (bicyclic) bond motifs is 2. The lowest BCUT2D eigenvalue weighted by Crippen LogP contribution is -2.51. The Labute approximate surface area is 116 Å². The van der Waals surface area contributed by atoms with Crippen molar-refractivity contribution < 1.29 is 9.84 Å². The normalized spacial score (nSPS) is 39.9. The van der Waals surface area contributed by atoms with Crippen LogP contribution in [0.1, 0.15) is 37.1 Å². The largest absolute Gasteiger partial charge is 0.383 e. The molecule has 3 atom stereocenters. The van der Waals surface area contributed by atoms with Gasteiger partial charge in [-0.05, 0) is 39.3 Å². The first kappa shape index (κ1) is 12.9. The summed E-state index contributed by atoms with van der Waals surface area (Å²) < 4.78 is 6.83. The Bertz CT molecular complexity index is 474. The summed E-state index contributed by atoms with van der Waals surface area (Å²) in [5.74, 6) is 0. The second-order valence-electron chi connectivity index (χ2n) is 5.66. The molecule has 0 aliphatic carbocycles. The van der Waals surface area contributed by atoms with Crippen LogP contribution in [0, 0.1) is 0 Å². The monoisotopic (exact) mass is 287 g/mol. The van der Waals surface area contributed by atoms with Crippen LogP contribution >= 0.6 is 22.9 Å². The highest BCUT2D eigenvalue weighted by atomic mass is 35.5. The van der Waals surface area contributed by atoms with Crippen LogP contribution in [0.15, 0.2) is 6.07 Å². The van der Waals surface area contributed by atoms with E-state index >= 15 is 0 Å². The molecule has 1 spiro atoms. The zero-order valence-corrected chi connectivity index (χ0v) is 12.2. The number of hydrogen-bond acceptors (Lipinski definition) is 4. The van der Waals surface area contributed by atoms with Gasteiger partial charge in [-0.3, -0.25) is 0 Å². The molecule has 1 fully saturated rings. The Morgan fingerprint density at radius 3 is 3.11 bits per heavy atom. The van der Waals surface area contributed by atoms with E-state index in [9.17, 15) is 5.11 Å². The molecule has 0 radical (unpaired) electrons. The SMILES string of the molecule is CC1CC2(CCN1)OCC(C)(O)c1cc(Cl)sc12. The summed E-state index contributed by atoms with van der Waals surface area (Å²) in [5.41, 5.74) is -0.212. The lowest BCUT2D eigenvalue weighted by atomic mass is 9.79. The van der Waals surface area contributed by atoms with Crippen molar-refractivity contribution in [1.82, 2.24) is 5.32 Å². The van der Waals surface area contributed by atoms with Crippen LogP contribution < -0.4 is 5.32 Å². The summed E-state index contributed by atoms with van der Waals surface area (Å²) in [7, 11) is 0. The Hall–Kier alpha value is -0.130. The first-order valence-electron chi connectivity index (χ1n) is 6.33. The fourth-order valence-electron chi connectivity index (χ4n) is 3.05. The van der Waals surface area contributed by atoms with Gasteiger partial charge in [0.1, 0.15) is 11.2 Å². The molecule has 5 heteroatoms. The molecule has 1 saturated heterocycles. The molecule has 2 N–H and O–H groups in total. The lowest BCUT2D eigenvalue weighted by molar-refractivity contribution is -0.154. The zero-order chi connectivity index (χ0) is 13.0. The fourth-order valence-corrected chi connectivity index (χ4v) is 4.58. The molecule has 100 valence electrons. The minimum Gasteiger partial charge on any atom is -0.383 e. The van der Waals surface area contributed by atoms with Gasteiger partial charge in [0.2, 0.25) is 0 Å². The van der Waals surface area contributed by atoms with Crippen molar-refractivity contribution >= 4 is 22.9 Å². The first-order chi connectivity index (χ1) is 8.43. The molecular weight excluding hydrogens is 270 g/mol. The number of ether oxygens (including phenoxy) is 1. The number of nitrogens with one attached hydrogen (secondary N) is 1. The van der Waals surface area contributed by atoms with Crippen LogP contribution in [0.3, 0.4) is 0 Å². The number of halogens is 1. The minimum atomic E-state index is -0.918. The van der Waals surface area contributed by atoms with Crippen LogP contribution in [0.4, 0.5) is 0 Å². The zero-order valence-electron chi connectivity index (χ0n) is 10.6. The molecule has 0 amide bonds. The van der Waals surface area contributed by atoms with Gasteiger partial charge in [-0.25, -0.2) is 0 Å². The van der Waals surface area contributed by atoms with Gasteiger partial charge < -0.3 is 15.2 Å². The highest BCUT2D eigenvalue weighted by Crippen LogP contribution is 2.50. The van der Waals surface area contributed by atoms with Gasteiger partial charge >= 0.3 is 0 Å². The smallest absolute Gasteiger partial charge is 0.111 e. The van der Waals surface area contributed by atoms with E-state index in [1.165, 1.54) is 0 Å². The Morgan fingerprint density at radius 2 is 2.39 bits per heavy atom. The fraction of sp³-hybridized carbons (Fsp3) is 0.692. The van der Waals surface area contributed by atoms with E-state index in [0.29, 0.717) is 12.6 Å². The third-order valence-electron chi connectivity index (χ3n) is 3.98. The molecule has 18 heavy (non-hydrogen) atoms. The third-order valence-corrected chi connectivity index (χ3v) is 5.43. The van der Waals surface area contributed by atoms with Crippen LogP contribution in [-0.4, -0.2) is 24.3 Å². The van der Waals surface area contributed by atoms with E-state index in [-0.39, 0.29) is 5.60 Å². The maximum Gasteiger partial charge on any atom is 0.111 e. The topological polar surface area (TPSA) is 41.5 Å². The van der Waals surface area contributed by atoms with Gasteiger partial charge in [-0.2, -0.15) is 0 Å². The maximum atomic E-state index is 10.4. The predicted octanol–water partition coefficient (Wildman–Crippen LogP) is 2.61. The summed E-state index contributed by atoms with van der Waals surface area (Å²) in [6.07, 6.45) is 1.88. The summed E-state index contributed by atoms with van der Waals surface area (Å²) >= 11 is 7.71. The van der Waals surface area contributed by atoms with E-state index in [4.69, 9.17) is 16.3 Å². The van der Waals surface area contributed by atoms with Gasteiger partial charge in [0.25, 0.3) is 0 Å². The molecule has 0 aromatic carbocycles. The number of rotatable bonds is 0. The highest BCUT2D eigenvalue weighted by Gasteiger charge is 2.48. The number of hydrogen-bond donors (Lipinski definition) is 2. The molecule has 1 aromatic heterocycles. The number of aliphatic hydroxyl groups is 1. The average molecular weight is 288 g/mol. The Balaban J connectivity index is 2.08. The van der Waals surface area contributed by atoms with Crippen LogP contribution in [0.2, 0.25) is 4.34 Å². The van der Waals surface area contributed by atoms with Gasteiger partial charge in [0.05, 0.1) is 10.9 Å². The molecular formula is C13H18ClNO2S. The summed E-state index contributed by atoms with van der Waals surface area (Å²) in [4.78, 5) is 1.12. The minimum absolute atomic E-state index is 0.250. The molecule has 3 unspecified atom stereocenters. The van der Waals surface area contributed by atoms with Gasteiger partial charge in [-0.1, -0.05) is 11.6 Å². The summed E-state index contributed by atoms with van der Waals surface area (Å²) in [6, 6.07) is 2.33. The second-order valence-corrected chi connectivity index (χ2v) is 7.34. The molecule has 3 rings (SSSR count). The quantitative estimate of drug-likeness (QED) is 0.771. The predicted molar refractivity (Wildman–Crippen MR) is 73.2 cm³/mol. The van der Waals surface area contributed by atoms with Crippen molar-refractivity contribution in [3.63, 3.8) is 0 Å². The van der Waals surface area contributed by atoms with Crippen LogP contribution in [0.25, 0.3) is 0 Å². The van der Waals surface area contributed by atoms with Crippen LogP contribution in [-0.2, 0) is 15.9 Å². The third kappa shape index (κ3) is 1.91. The van der Waals surface area contributed by atoms with Crippen molar-refractivity contribution in [3.05, 3.63) is 20.8 Å². The summed E-state index contributed by atoms with van der Waals surface area (Å²) in [6.45, 7) is 5.26. The molecule has 2 aliphatic heterocycles. The second kappa shape index (κ2) is 4.18. The van der Waals surface area contributed by atoms with Gasteiger partial charge in [0.15, 0.2) is 0 Å². The van der Waals surface area contributed by atoms with E-state index in [2.05, 4.69) is 12.2 Å². The molecule has 1 aromatic rings. The van der Waals surface area contributed by atoms with E-state index in [1.54, 1.807) is 18.3 Å². The summed E-state index contributed by atoms with van der Waals surface area (Å²) in [5, 5.41) is 13.9. The maximum absolute atomic E-state index is 10.4. The lowest BCUT2D eigenvalue weighted by Gasteiger charge is -2.46. The van der Waals surface area contributed by atoms with Crippen LogP contribution in [0.5, 0.6) is 0 Å². The van der Waals surface area contributed by atoms with Crippen molar-refractivity contribution in [3.8, 4) is 0 Å². The molecule has 2 aliphatic rings. The number of piperidine rings is 1. The average Bonchev–Trinajstić information content (AvgIpc) is 2.69. The first-order valence-corrected chi connectivity index (χ1v) is 7.52. The molecule has 3 heterocycles.